The van der Waals surface area contributed by atoms with Crippen molar-refractivity contribution < 1.29 is 13.9 Å². The van der Waals surface area contributed by atoms with Gasteiger partial charge in [-0.2, -0.15) is 0 Å². The molecule has 1 aliphatic rings. The van der Waals surface area contributed by atoms with Crippen LogP contribution in [-0.4, -0.2) is 37.0 Å². The van der Waals surface area contributed by atoms with Crippen LogP contribution in [0, 0.1) is 5.82 Å². The normalized spacial score (nSPS) is 20.9. The van der Waals surface area contributed by atoms with E-state index in [2.05, 4.69) is 17.8 Å². The number of hydrogen-bond acceptors (Lipinski definition) is 4. The van der Waals surface area contributed by atoms with Gasteiger partial charge in [-0.05, 0) is 30.5 Å². The smallest absolute Gasteiger partial charge is 0.241 e. The van der Waals surface area contributed by atoms with Crippen molar-refractivity contribution in [2.45, 2.75) is 44.8 Å². The fourth-order valence-corrected chi connectivity index (χ4v) is 2.75. The second kappa shape index (κ2) is 7.56. The highest BCUT2D eigenvalue weighted by Crippen LogP contribution is 2.19. The molecule has 2 unspecified atom stereocenters. The zero-order valence-electron chi connectivity index (χ0n) is 13.4. The van der Waals surface area contributed by atoms with Crippen molar-refractivity contribution in [3.05, 3.63) is 29.6 Å². The molecule has 0 bridgehead atoms. The predicted molar refractivity (Wildman–Crippen MR) is 82.8 cm³/mol. The van der Waals surface area contributed by atoms with Crippen LogP contribution < -0.4 is 15.6 Å². The van der Waals surface area contributed by atoms with Crippen molar-refractivity contribution >= 4 is 5.91 Å². The summed E-state index contributed by atoms with van der Waals surface area (Å²) in [4.78, 5) is 14.0. The summed E-state index contributed by atoms with van der Waals surface area (Å²) in [6.07, 6.45) is 2.92. The zero-order chi connectivity index (χ0) is 16.1. The number of nitrogens with one attached hydrogen (secondary N) is 2. The standard InChI is InChI=1S/C16H24FN3O2/c1-4-5-12-9-14(19-18-12)16(21)20(2)10-11-6-7-15(22-3)13(17)8-11/h6-8,12,14,18-19H,4-5,9-10H2,1-3H3. The maximum absolute atomic E-state index is 13.7. The van der Waals surface area contributed by atoms with E-state index in [-0.39, 0.29) is 17.7 Å². The van der Waals surface area contributed by atoms with Gasteiger partial charge < -0.3 is 9.64 Å². The number of carbonyl (C=O) groups excluding carboxylic acids is 1. The number of halogens is 1. The van der Waals surface area contributed by atoms with Gasteiger partial charge in [-0.15, -0.1) is 0 Å². The summed E-state index contributed by atoms with van der Waals surface area (Å²) in [5.74, 6) is -0.186. The summed E-state index contributed by atoms with van der Waals surface area (Å²) in [5.41, 5.74) is 6.95. The molecular formula is C16H24FN3O2. The van der Waals surface area contributed by atoms with E-state index in [0.29, 0.717) is 12.6 Å². The number of hydrogen-bond donors (Lipinski definition) is 2. The number of carbonyl (C=O) groups is 1. The monoisotopic (exact) mass is 309 g/mol. The highest BCUT2D eigenvalue weighted by atomic mass is 19.1. The molecule has 1 saturated heterocycles. The number of methoxy groups -OCH3 is 1. The first kappa shape index (κ1) is 16.7. The minimum absolute atomic E-state index is 0.0160. The maximum Gasteiger partial charge on any atom is 0.241 e. The van der Waals surface area contributed by atoms with Crippen LogP contribution in [0.2, 0.25) is 0 Å². The molecule has 6 heteroatoms. The van der Waals surface area contributed by atoms with Crippen molar-refractivity contribution in [2.24, 2.45) is 0 Å². The third kappa shape index (κ3) is 3.96. The molecule has 1 aliphatic heterocycles. The maximum atomic E-state index is 13.7. The lowest BCUT2D eigenvalue weighted by Crippen LogP contribution is -2.43. The van der Waals surface area contributed by atoms with E-state index in [0.717, 1.165) is 24.8 Å². The van der Waals surface area contributed by atoms with Gasteiger partial charge in [0.2, 0.25) is 5.91 Å². The summed E-state index contributed by atoms with van der Waals surface area (Å²) < 4.78 is 18.6. The molecule has 0 aromatic heterocycles. The molecule has 122 valence electrons. The first-order chi connectivity index (χ1) is 10.5. The SMILES string of the molecule is CCCC1CC(C(=O)N(C)Cc2ccc(OC)c(F)c2)NN1. The minimum Gasteiger partial charge on any atom is -0.494 e. The van der Waals surface area contributed by atoms with Gasteiger partial charge >= 0.3 is 0 Å². The van der Waals surface area contributed by atoms with Gasteiger partial charge in [0.15, 0.2) is 11.6 Å². The Bertz CT molecular complexity index is 524. The van der Waals surface area contributed by atoms with Crippen molar-refractivity contribution in [1.82, 2.24) is 15.8 Å². The number of hydrazine groups is 1. The molecule has 0 aliphatic carbocycles. The lowest BCUT2D eigenvalue weighted by atomic mass is 10.1. The minimum atomic E-state index is -0.412. The van der Waals surface area contributed by atoms with Crippen LogP contribution in [-0.2, 0) is 11.3 Å². The first-order valence-corrected chi connectivity index (χ1v) is 7.63. The van der Waals surface area contributed by atoms with Crippen molar-refractivity contribution in [3.63, 3.8) is 0 Å². The van der Waals surface area contributed by atoms with Crippen LogP contribution in [0.5, 0.6) is 5.75 Å². The molecule has 0 saturated carbocycles. The van der Waals surface area contributed by atoms with E-state index in [1.807, 2.05) is 0 Å². The van der Waals surface area contributed by atoms with E-state index in [4.69, 9.17) is 4.74 Å². The van der Waals surface area contributed by atoms with Crippen molar-refractivity contribution in [2.75, 3.05) is 14.2 Å². The largest absolute Gasteiger partial charge is 0.494 e. The highest BCUT2D eigenvalue weighted by Gasteiger charge is 2.30. The Morgan fingerprint density at radius 3 is 2.86 bits per heavy atom. The van der Waals surface area contributed by atoms with E-state index < -0.39 is 5.82 Å². The topological polar surface area (TPSA) is 53.6 Å². The lowest BCUT2D eigenvalue weighted by Gasteiger charge is -2.21. The van der Waals surface area contributed by atoms with Crippen LogP contribution in [0.25, 0.3) is 0 Å². The molecule has 1 heterocycles. The molecule has 1 fully saturated rings. The predicted octanol–water partition coefficient (Wildman–Crippen LogP) is 1.83. The first-order valence-electron chi connectivity index (χ1n) is 7.63. The summed E-state index contributed by atoms with van der Waals surface area (Å²) >= 11 is 0. The zero-order valence-corrected chi connectivity index (χ0v) is 13.4. The molecule has 5 nitrogen and oxygen atoms in total. The summed E-state index contributed by atoms with van der Waals surface area (Å²) in [6, 6.07) is 4.88. The summed E-state index contributed by atoms with van der Waals surface area (Å²) in [5, 5.41) is 0. The molecule has 0 radical (unpaired) electrons. The van der Waals surface area contributed by atoms with E-state index in [1.54, 1.807) is 24.1 Å². The van der Waals surface area contributed by atoms with Crippen molar-refractivity contribution in [3.8, 4) is 5.75 Å². The number of ether oxygens (including phenoxy) is 1. The van der Waals surface area contributed by atoms with Crippen LogP contribution in [0.4, 0.5) is 4.39 Å². The Morgan fingerprint density at radius 2 is 2.23 bits per heavy atom. The van der Waals surface area contributed by atoms with Gasteiger partial charge in [0.25, 0.3) is 0 Å². The second-order valence-corrected chi connectivity index (χ2v) is 5.73. The molecule has 1 aromatic rings. The molecule has 2 N–H and O–H groups in total. The fraction of sp³-hybridized carbons (Fsp3) is 0.562. The fourth-order valence-electron chi connectivity index (χ4n) is 2.75. The Hall–Kier alpha value is -1.66. The molecule has 0 spiro atoms. The second-order valence-electron chi connectivity index (χ2n) is 5.73. The molecule has 2 atom stereocenters. The molecular weight excluding hydrogens is 285 g/mol. The summed E-state index contributed by atoms with van der Waals surface area (Å²) in [7, 11) is 3.17. The van der Waals surface area contributed by atoms with Gasteiger partial charge in [-0.25, -0.2) is 9.82 Å². The van der Waals surface area contributed by atoms with E-state index in [1.165, 1.54) is 13.2 Å². The van der Waals surface area contributed by atoms with Crippen molar-refractivity contribution in [1.29, 1.82) is 0 Å². The third-order valence-electron chi connectivity index (χ3n) is 3.93. The number of likely N-dealkylation sites (N-methyl/N-ethyl adjacent to an activating group) is 1. The number of benzene rings is 1. The highest BCUT2D eigenvalue weighted by molar-refractivity contribution is 5.82. The van der Waals surface area contributed by atoms with Crippen LogP contribution >= 0.6 is 0 Å². The van der Waals surface area contributed by atoms with E-state index in [9.17, 15) is 9.18 Å². The molecule has 1 amide bonds. The van der Waals surface area contributed by atoms with Gasteiger partial charge in [-0.3, -0.25) is 10.2 Å². The Morgan fingerprint density at radius 1 is 1.45 bits per heavy atom. The average Bonchev–Trinajstić information content (AvgIpc) is 2.95. The quantitative estimate of drug-likeness (QED) is 0.842. The van der Waals surface area contributed by atoms with Gasteiger partial charge in [0, 0.05) is 19.6 Å². The molecule has 1 aromatic carbocycles. The average molecular weight is 309 g/mol. The number of rotatable bonds is 6. The number of amides is 1. The molecule has 2 rings (SSSR count). The Kier molecular flexibility index (Phi) is 5.74. The van der Waals surface area contributed by atoms with Gasteiger partial charge in [0.1, 0.15) is 6.04 Å². The number of nitrogens with zero attached hydrogens (tertiary/aromatic N) is 1. The van der Waals surface area contributed by atoms with Crippen LogP contribution in [0.3, 0.4) is 0 Å². The summed E-state index contributed by atoms with van der Waals surface area (Å²) in [6.45, 7) is 2.50. The Balaban J connectivity index is 1.93. The van der Waals surface area contributed by atoms with E-state index >= 15 is 0 Å². The van der Waals surface area contributed by atoms with Gasteiger partial charge in [0.05, 0.1) is 7.11 Å². The van der Waals surface area contributed by atoms with Crippen LogP contribution in [0.1, 0.15) is 31.7 Å². The molecule has 22 heavy (non-hydrogen) atoms. The Labute approximate surface area is 130 Å². The third-order valence-corrected chi connectivity index (χ3v) is 3.93. The van der Waals surface area contributed by atoms with Crippen LogP contribution in [0.15, 0.2) is 18.2 Å². The van der Waals surface area contributed by atoms with Gasteiger partial charge in [-0.1, -0.05) is 19.4 Å². The lowest BCUT2D eigenvalue weighted by molar-refractivity contribution is -0.132.